The second-order valence-corrected chi connectivity index (χ2v) is 7.16. The van der Waals surface area contributed by atoms with Gasteiger partial charge in [0.1, 0.15) is 10.9 Å². The quantitative estimate of drug-likeness (QED) is 0.691. The van der Waals surface area contributed by atoms with E-state index in [1.807, 2.05) is 23.1 Å². The number of amides is 1. The molecule has 0 unspecified atom stereocenters. The Bertz CT molecular complexity index is 897. The maximum absolute atomic E-state index is 12.8. The second-order valence-electron chi connectivity index (χ2n) is 6.80. The number of methoxy groups -OCH3 is 1. The van der Waals surface area contributed by atoms with Gasteiger partial charge in [-0.25, -0.2) is 4.98 Å². The van der Waals surface area contributed by atoms with E-state index < -0.39 is 16.9 Å². The van der Waals surface area contributed by atoms with Gasteiger partial charge >= 0.3 is 6.18 Å². The molecule has 0 N–H and O–H groups in total. The van der Waals surface area contributed by atoms with Crippen molar-refractivity contribution in [2.45, 2.75) is 19.5 Å². The van der Waals surface area contributed by atoms with Crippen LogP contribution >= 0.6 is 11.6 Å². The van der Waals surface area contributed by atoms with Gasteiger partial charge in [0.15, 0.2) is 0 Å². The van der Waals surface area contributed by atoms with Gasteiger partial charge in [-0.05, 0) is 18.2 Å². The summed E-state index contributed by atoms with van der Waals surface area (Å²) in [6, 6.07) is 7.97. The minimum absolute atomic E-state index is 0.0697. The van der Waals surface area contributed by atoms with Crippen LogP contribution in [0.2, 0.25) is 5.15 Å². The monoisotopic (exact) mass is 427 g/mol. The van der Waals surface area contributed by atoms with Crippen molar-refractivity contribution in [3.8, 4) is 5.75 Å². The van der Waals surface area contributed by atoms with E-state index in [1.54, 1.807) is 14.0 Å². The molecule has 1 aliphatic rings. The Morgan fingerprint density at radius 3 is 2.41 bits per heavy atom. The fourth-order valence-corrected chi connectivity index (χ4v) is 3.61. The van der Waals surface area contributed by atoms with Crippen molar-refractivity contribution in [1.82, 2.24) is 9.88 Å². The van der Waals surface area contributed by atoms with Crippen LogP contribution in [0, 0.1) is 0 Å². The Kier molecular flexibility index (Phi) is 6.21. The second kappa shape index (κ2) is 8.49. The lowest BCUT2D eigenvalue weighted by Crippen LogP contribution is -2.48. The number of ether oxygens (including phenoxy) is 1. The standard InChI is InChI=1S/C20H21ClF3N3O2/c1-13(28)26-7-9-27(10-8-26)16-5-3-14(18(12-16)29-2)11-15-4-6-17(19(21)25-15)20(22,23)24/h3-6,12H,7-11H2,1-2H3. The molecule has 156 valence electrons. The van der Waals surface area contributed by atoms with Crippen molar-refractivity contribution in [1.29, 1.82) is 0 Å². The van der Waals surface area contributed by atoms with Gasteiger partial charge in [-0.15, -0.1) is 0 Å². The first-order valence-electron chi connectivity index (χ1n) is 9.09. The summed E-state index contributed by atoms with van der Waals surface area (Å²) in [6.07, 6.45) is -4.24. The first-order valence-corrected chi connectivity index (χ1v) is 9.47. The van der Waals surface area contributed by atoms with Crippen LogP contribution in [0.4, 0.5) is 18.9 Å². The van der Waals surface area contributed by atoms with Crippen molar-refractivity contribution in [3.63, 3.8) is 0 Å². The van der Waals surface area contributed by atoms with Crippen molar-refractivity contribution < 1.29 is 22.7 Å². The molecule has 0 atom stereocenters. The number of hydrogen-bond acceptors (Lipinski definition) is 4. The van der Waals surface area contributed by atoms with Gasteiger partial charge in [0.2, 0.25) is 5.91 Å². The maximum Gasteiger partial charge on any atom is 0.419 e. The summed E-state index contributed by atoms with van der Waals surface area (Å²) in [5, 5.41) is -0.561. The highest BCUT2D eigenvalue weighted by molar-refractivity contribution is 6.30. The Morgan fingerprint density at radius 1 is 1.17 bits per heavy atom. The summed E-state index contributed by atoms with van der Waals surface area (Å²) in [4.78, 5) is 19.3. The van der Waals surface area contributed by atoms with Crippen LogP contribution in [0.15, 0.2) is 30.3 Å². The van der Waals surface area contributed by atoms with Gasteiger partial charge in [0, 0.05) is 62.5 Å². The third-order valence-corrected chi connectivity index (χ3v) is 5.23. The predicted octanol–water partition coefficient (Wildman–Crippen LogP) is 4.02. The third kappa shape index (κ3) is 4.93. The lowest BCUT2D eigenvalue weighted by molar-refractivity contribution is -0.137. The molecule has 2 aromatic rings. The van der Waals surface area contributed by atoms with E-state index in [9.17, 15) is 18.0 Å². The summed E-state index contributed by atoms with van der Waals surface area (Å²) in [5.74, 6) is 0.689. The molecule has 0 aliphatic carbocycles. The molecule has 1 amide bonds. The molecule has 0 bridgehead atoms. The summed E-state index contributed by atoms with van der Waals surface area (Å²) >= 11 is 5.72. The lowest BCUT2D eigenvalue weighted by atomic mass is 10.1. The number of carbonyl (C=O) groups excluding carboxylic acids is 1. The number of pyridine rings is 1. The molecule has 29 heavy (non-hydrogen) atoms. The average Bonchev–Trinajstić information content (AvgIpc) is 2.67. The van der Waals surface area contributed by atoms with Crippen LogP contribution in [0.5, 0.6) is 5.75 Å². The fourth-order valence-electron chi connectivity index (χ4n) is 3.33. The average molecular weight is 428 g/mol. The fraction of sp³-hybridized carbons (Fsp3) is 0.400. The predicted molar refractivity (Wildman–Crippen MR) is 105 cm³/mol. The summed E-state index contributed by atoms with van der Waals surface area (Å²) in [6.45, 7) is 4.33. The number of carbonyl (C=O) groups is 1. The molecule has 0 radical (unpaired) electrons. The van der Waals surface area contributed by atoms with Crippen LogP contribution in [0.1, 0.15) is 23.7 Å². The lowest BCUT2D eigenvalue weighted by Gasteiger charge is -2.35. The molecular formula is C20H21ClF3N3O2. The van der Waals surface area contributed by atoms with E-state index in [0.29, 0.717) is 31.0 Å². The zero-order chi connectivity index (χ0) is 21.2. The molecule has 9 heteroatoms. The molecule has 1 aromatic heterocycles. The molecule has 1 aromatic carbocycles. The van der Waals surface area contributed by atoms with E-state index in [2.05, 4.69) is 9.88 Å². The number of alkyl halides is 3. The Labute approximate surface area is 172 Å². The van der Waals surface area contributed by atoms with Crippen molar-refractivity contribution in [2.24, 2.45) is 0 Å². The van der Waals surface area contributed by atoms with Crippen molar-refractivity contribution >= 4 is 23.2 Å². The topological polar surface area (TPSA) is 45.7 Å². The van der Waals surface area contributed by atoms with E-state index >= 15 is 0 Å². The maximum atomic E-state index is 12.8. The number of hydrogen-bond donors (Lipinski definition) is 0. The number of rotatable bonds is 4. The number of anilines is 1. The molecule has 1 fully saturated rings. The normalized spacial score (nSPS) is 14.8. The van der Waals surface area contributed by atoms with Crippen LogP contribution in [0.3, 0.4) is 0 Å². The summed E-state index contributed by atoms with van der Waals surface area (Å²) in [7, 11) is 1.55. The van der Waals surface area contributed by atoms with Crippen molar-refractivity contribution in [2.75, 3.05) is 38.2 Å². The summed E-state index contributed by atoms with van der Waals surface area (Å²) < 4.78 is 44.0. The Hall–Kier alpha value is -2.48. The van der Waals surface area contributed by atoms with Gasteiger partial charge in [-0.1, -0.05) is 17.7 Å². The number of halogens is 4. The van der Waals surface area contributed by atoms with E-state index in [-0.39, 0.29) is 5.91 Å². The molecular weight excluding hydrogens is 407 g/mol. The zero-order valence-electron chi connectivity index (χ0n) is 16.1. The minimum atomic E-state index is -4.53. The minimum Gasteiger partial charge on any atom is -0.496 e. The SMILES string of the molecule is COc1cc(N2CCN(C(C)=O)CC2)ccc1Cc1ccc(C(F)(F)F)c(Cl)n1. The van der Waals surface area contributed by atoms with E-state index in [4.69, 9.17) is 16.3 Å². The van der Waals surface area contributed by atoms with Crippen molar-refractivity contribution in [3.05, 3.63) is 52.3 Å². The van der Waals surface area contributed by atoms with E-state index in [0.717, 1.165) is 30.4 Å². The first-order chi connectivity index (χ1) is 13.7. The molecule has 2 heterocycles. The Balaban J connectivity index is 1.76. The molecule has 0 spiro atoms. The van der Waals surface area contributed by atoms with Crippen LogP contribution in [0.25, 0.3) is 0 Å². The highest BCUT2D eigenvalue weighted by Gasteiger charge is 2.34. The van der Waals surface area contributed by atoms with Gasteiger partial charge in [0.05, 0.1) is 12.7 Å². The summed E-state index contributed by atoms with van der Waals surface area (Å²) in [5.41, 5.74) is 1.23. The molecule has 5 nitrogen and oxygen atoms in total. The number of benzene rings is 1. The van der Waals surface area contributed by atoms with Gasteiger partial charge in [-0.3, -0.25) is 4.79 Å². The number of piperazine rings is 1. The molecule has 0 saturated carbocycles. The van der Waals surface area contributed by atoms with E-state index in [1.165, 1.54) is 6.07 Å². The van der Waals surface area contributed by atoms with Gasteiger partial charge < -0.3 is 14.5 Å². The molecule has 3 rings (SSSR count). The van der Waals surface area contributed by atoms with Crippen LogP contribution < -0.4 is 9.64 Å². The highest BCUT2D eigenvalue weighted by atomic mass is 35.5. The molecule has 1 saturated heterocycles. The Morgan fingerprint density at radius 2 is 1.86 bits per heavy atom. The largest absolute Gasteiger partial charge is 0.496 e. The smallest absolute Gasteiger partial charge is 0.419 e. The van der Waals surface area contributed by atoms with Crippen LogP contribution in [-0.2, 0) is 17.4 Å². The third-order valence-electron chi connectivity index (χ3n) is 4.94. The zero-order valence-corrected chi connectivity index (χ0v) is 16.8. The van der Waals surface area contributed by atoms with Crippen LogP contribution in [-0.4, -0.2) is 49.1 Å². The molecule has 1 aliphatic heterocycles. The first kappa shape index (κ1) is 21.2. The number of nitrogens with zero attached hydrogens (tertiary/aromatic N) is 3. The van der Waals surface area contributed by atoms with Gasteiger partial charge in [-0.2, -0.15) is 13.2 Å². The number of aromatic nitrogens is 1. The highest BCUT2D eigenvalue weighted by Crippen LogP contribution is 2.34. The van der Waals surface area contributed by atoms with Gasteiger partial charge in [0.25, 0.3) is 0 Å².